The average Bonchev–Trinajstić information content (AvgIpc) is 2.44. The van der Waals surface area contributed by atoms with Crippen LogP contribution in [0.3, 0.4) is 0 Å². The van der Waals surface area contributed by atoms with E-state index >= 15 is 0 Å². The van der Waals surface area contributed by atoms with E-state index in [2.05, 4.69) is 16.4 Å². The maximum atomic E-state index is 5.02. The maximum Gasteiger partial charge on any atom is 0.142 e. The molecule has 1 fully saturated rings. The van der Waals surface area contributed by atoms with E-state index in [4.69, 9.17) is 9.72 Å². The van der Waals surface area contributed by atoms with Gasteiger partial charge in [-0.1, -0.05) is 0 Å². The number of nitrogens with zero attached hydrogens (tertiary/aromatic N) is 2. The van der Waals surface area contributed by atoms with Crippen molar-refractivity contribution in [1.82, 2.24) is 15.3 Å². The maximum absolute atomic E-state index is 5.02. The number of ether oxygens (including phenoxy) is 1. The molecular weight excluding hydrogens is 278 g/mol. The smallest absolute Gasteiger partial charge is 0.142 e. The van der Waals surface area contributed by atoms with Crippen LogP contribution >= 0.6 is 23.5 Å². The highest BCUT2D eigenvalue weighted by molar-refractivity contribution is 8.06. The number of aryl methyl sites for hydroxylation is 1. The minimum Gasteiger partial charge on any atom is -0.383 e. The van der Waals surface area contributed by atoms with Gasteiger partial charge in [0, 0.05) is 43.2 Å². The number of aromatic nitrogens is 2. The Bertz CT molecular complexity index is 397. The van der Waals surface area contributed by atoms with Crippen molar-refractivity contribution in [1.29, 1.82) is 0 Å². The molecule has 1 aliphatic heterocycles. The Balaban J connectivity index is 1.97. The molecule has 0 amide bonds. The Morgan fingerprint density at radius 2 is 2.32 bits per heavy atom. The Hall–Kier alpha value is -0.300. The number of thioether (sulfide) groups is 2. The van der Waals surface area contributed by atoms with E-state index < -0.39 is 0 Å². The summed E-state index contributed by atoms with van der Waals surface area (Å²) < 4.78 is 5.02. The molecule has 0 aromatic carbocycles. The highest BCUT2D eigenvalue weighted by Crippen LogP contribution is 2.35. The van der Waals surface area contributed by atoms with E-state index in [1.54, 1.807) is 7.11 Å². The van der Waals surface area contributed by atoms with Gasteiger partial charge in [0.25, 0.3) is 0 Å². The topological polar surface area (TPSA) is 47.0 Å². The third-order valence-electron chi connectivity index (χ3n) is 2.82. The van der Waals surface area contributed by atoms with Gasteiger partial charge in [-0.3, -0.25) is 0 Å². The Labute approximate surface area is 123 Å². The molecule has 1 atom stereocenters. The molecule has 1 aromatic heterocycles. The minimum atomic E-state index is 0.455. The Morgan fingerprint density at radius 3 is 3.05 bits per heavy atom. The molecule has 2 rings (SSSR count). The average molecular weight is 299 g/mol. The number of rotatable bonds is 6. The van der Waals surface area contributed by atoms with Gasteiger partial charge in [-0.05, 0) is 13.0 Å². The van der Waals surface area contributed by atoms with Crippen LogP contribution in [-0.2, 0) is 11.3 Å². The summed E-state index contributed by atoms with van der Waals surface area (Å²) in [4.78, 5) is 9.31. The van der Waals surface area contributed by atoms with Crippen LogP contribution in [0.25, 0.3) is 0 Å². The van der Waals surface area contributed by atoms with Crippen molar-refractivity contribution in [2.45, 2.75) is 18.7 Å². The van der Waals surface area contributed by atoms with Crippen molar-refractivity contribution in [3.8, 4) is 0 Å². The van der Waals surface area contributed by atoms with Gasteiger partial charge < -0.3 is 10.1 Å². The van der Waals surface area contributed by atoms with Crippen molar-refractivity contribution < 1.29 is 4.74 Å². The van der Waals surface area contributed by atoms with Gasteiger partial charge in [0.1, 0.15) is 5.82 Å². The summed E-state index contributed by atoms with van der Waals surface area (Å²) in [6.45, 7) is 4.41. The fourth-order valence-electron chi connectivity index (χ4n) is 1.92. The van der Waals surface area contributed by atoms with Crippen molar-refractivity contribution >= 4 is 23.5 Å². The predicted molar refractivity (Wildman–Crippen MR) is 82.9 cm³/mol. The molecule has 6 heteroatoms. The van der Waals surface area contributed by atoms with Gasteiger partial charge in [0.2, 0.25) is 0 Å². The summed E-state index contributed by atoms with van der Waals surface area (Å²) in [6.07, 6.45) is 0. The van der Waals surface area contributed by atoms with E-state index in [1.807, 2.05) is 30.4 Å². The van der Waals surface area contributed by atoms with Gasteiger partial charge >= 0.3 is 0 Å². The van der Waals surface area contributed by atoms with Crippen molar-refractivity contribution in [2.75, 3.05) is 37.5 Å². The summed E-state index contributed by atoms with van der Waals surface area (Å²) in [5.74, 6) is 4.58. The van der Waals surface area contributed by atoms with Crippen LogP contribution in [0.2, 0.25) is 0 Å². The first-order valence-corrected chi connectivity index (χ1v) is 8.73. The lowest BCUT2D eigenvalue weighted by molar-refractivity contribution is 0.199. The van der Waals surface area contributed by atoms with Gasteiger partial charge in [0.15, 0.2) is 0 Å². The van der Waals surface area contributed by atoms with E-state index in [0.29, 0.717) is 5.25 Å². The second-order valence-electron chi connectivity index (χ2n) is 4.46. The third kappa shape index (κ3) is 4.95. The summed E-state index contributed by atoms with van der Waals surface area (Å²) in [5, 5.41) is 3.79. The first-order valence-electron chi connectivity index (χ1n) is 6.53. The number of hydrogen-bond acceptors (Lipinski definition) is 6. The van der Waals surface area contributed by atoms with E-state index in [-0.39, 0.29) is 0 Å². The molecule has 1 aliphatic rings. The molecular formula is C13H21N3OS2. The van der Waals surface area contributed by atoms with Crippen molar-refractivity contribution in [3.05, 3.63) is 23.3 Å². The summed E-state index contributed by atoms with van der Waals surface area (Å²) >= 11 is 3.98. The fraction of sp³-hybridized carbons (Fsp3) is 0.692. The highest BCUT2D eigenvalue weighted by Gasteiger charge is 2.19. The molecule has 1 N–H and O–H groups in total. The Kier molecular flexibility index (Phi) is 6.43. The van der Waals surface area contributed by atoms with Gasteiger partial charge in [-0.2, -0.15) is 11.8 Å². The largest absolute Gasteiger partial charge is 0.383 e. The molecule has 1 saturated heterocycles. The van der Waals surface area contributed by atoms with E-state index in [1.165, 1.54) is 11.5 Å². The SMILES string of the molecule is COCCNCc1cc(C)nc(C2CSCCS2)n1. The third-order valence-corrected chi connectivity index (χ3v) is 5.57. The lowest BCUT2D eigenvalue weighted by Crippen LogP contribution is -2.20. The quantitative estimate of drug-likeness (QED) is 0.811. The molecule has 1 unspecified atom stereocenters. The summed E-state index contributed by atoms with van der Waals surface area (Å²) in [5.41, 5.74) is 2.14. The van der Waals surface area contributed by atoms with Gasteiger partial charge in [0.05, 0.1) is 17.6 Å². The number of hydrogen-bond donors (Lipinski definition) is 1. The molecule has 4 nitrogen and oxygen atoms in total. The lowest BCUT2D eigenvalue weighted by atomic mass is 10.3. The second-order valence-corrected chi connectivity index (χ2v) is 6.92. The molecule has 0 saturated carbocycles. The highest BCUT2D eigenvalue weighted by atomic mass is 32.2. The zero-order valence-corrected chi connectivity index (χ0v) is 13.1. The zero-order valence-electron chi connectivity index (χ0n) is 11.5. The minimum absolute atomic E-state index is 0.455. The van der Waals surface area contributed by atoms with Crippen molar-refractivity contribution in [3.63, 3.8) is 0 Å². The lowest BCUT2D eigenvalue weighted by Gasteiger charge is -2.20. The molecule has 2 heterocycles. The van der Waals surface area contributed by atoms with E-state index in [9.17, 15) is 0 Å². The fourth-order valence-corrected chi connectivity index (χ4v) is 4.52. The monoisotopic (exact) mass is 299 g/mol. The summed E-state index contributed by atoms with van der Waals surface area (Å²) in [6, 6.07) is 2.06. The van der Waals surface area contributed by atoms with Gasteiger partial charge in [-0.25, -0.2) is 9.97 Å². The molecule has 0 radical (unpaired) electrons. The molecule has 0 spiro atoms. The number of methoxy groups -OCH3 is 1. The first kappa shape index (κ1) is 15.1. The van der Waals surface area contributed by atoms with Crippen LogP contribution < -0.4 is 5.32 Å². The van der Waals surface area contributed by atoms with Crippen LogP contribution in [0, 0.1) is 6.92 Å². The zero-order chi connectivity index (χ0) is 13.5. The van der Waals surface area contributed by atoms with Crippen LogP contribution in [0.1, 0.15) is 22.5 Å². The van der Waals surface area contributed by atoms with Crippen LogP contribution in [0.4, 0.5) is 0 Å². The molecule has 1 aromatic rings. The van der Waals surface area contributed by atoms with Gasteiger partial charge in [-0.15, -0.1) is 11.8 Å². The molecule has 106 valence electrons. The first-order chi connectivity index (χ1) is 9.29. The van der Waals surface area contributed by atoms with Crippen molar-refractivity contribution in [2.24, 2.45) is 0 Å². The van der Waals surface area contributed by atoms with Crippen LogP contribution in [0.5, 0.6) is 0 Å². The standard InChI is InChI=1S/C13H21N3OS2/c1-10-7-11(8-14-3-4-17-2)16-13(15-10)12-9-18-5-6-19-12/h7,12,14H,3-6,8-9H2,1-2H3. The molecule has 19 heavy (non-hydrogen) atoms. The predicted octanol–water partition coefficient (Wildman–Crippen LogP) is 2.04. The van der Waals surface area contributed by atoms with Crippen LogP contribution in [-0.4, -0.2) is 47.5 Å². The van der Waals surface area contributed by atoms with Crippen LogP contribution in [0.15, 0.2) is 6.07 Å². The number of nitrogens with one attached hydrogen (secondary N) is 1. The normalized spacial score (nSPS) is 19.6. The second kappa shape index (κ2) is 8.09. The summed E-state index contributed by atoms with van der Waals surface area (Å²) in [7, 11) is 1.71. The Morgan fingerprint density at radius 1 is 1.42 bits per heavy atom. The van der Waals surface area contributed by atoms with E-state index in [0.717, 1.165) is 42.7 Å². The molecule has 0 bridgehead atoms. The molecule has 0 aliphatic carbocycles.